The maximum absolute atomic E-state index is 13.8. The quantitative estimate of drug-likeness (QED) is 0.147. The Kier molecular flexibility index (Phi) is 8.28. The third-order valence-corrected chi connectivity index (χ3v) is 7.07. The number of nitro groups is 1. The van der Waals surface area contributed by atoms with Gasteiger partial charge in [-0.1, -0.05) is 53.5 Å². The number of amides is 1. The van der Waals surface area contributed by atoms with E-state index in [1.54, 1.807) is 75.4 Å². The molecular formula is C29H29Cl2N3O6. The van der Waals surface area contributed by atoms with E-state index >= 15 is 0 Å². The van der Waals surface area contributed by atoms with Crippen molar-refractivity contribution in [3.63, 3.8) is 0 Å². The normalized spacial score (nSPS) is 13.8. The minimum atomic E-state index is -1.50. The number of carbonyl (C=O) groups excluding carboxylic acids is 2. The van der Waals surface area contributed by atoms with Crippen LogP contribution in [0.4, 0.5) is 16.2 Å². The smallest absolute Gasteiger partial charge is 0.410 e. The van der Waals surface area contributed by atoms with Crippen LogP contribution in [-0.4, -0.2) is 53.7 Å². The summed E-state index contributed by atoms with van der Waals surface area (Å²) in [6, 6.07) is 17.7. The minimum absolute atomic E-state index is 0.176. The van der Waals surface area contributed by atoms with Gasteiger partial charge in [-0.3, -0.25) is 14.9 Å². The third-order valence-electron chi connectivity index (χ3n) is 6.57. The highest BCUT2D eigenvalue weighted by Crippen LogP contribution is 2.43. The number of likely N-dealkylation sites (tertiary alicyclic amines) is 1. The molecule has 1 fully saturated rings. The Labute approximate surface area is 242 Å². The van der Waals surface area contributed by atoms with E-state index in [9.17, 15) is 19.7 Å². The van der Waals surface area contributed by atoms with Gasteiger partial charge in [0.15, 0.2) is 0 Å². The molecule has 9 nitrogen and oxygen atoms in total. The van der Waals surface area contributed by atoms with Gasteiger partial charge in [-0.15, -0.1) is 0 Å². The molecule has 40 heavy (non-hydrogen) atoms. The third kappa shape index (κ3) is 5.85. The predicted molar refractivity (Wildman–Crippen MR) is 153 cm³/mol. The molecule has 0 aromatic heterocycles. The fourth-order valence-electron chi connectivity index (χ4n) is 4.72. The molecule has 1 amide bonds. The summed E-state index contributed by atoms with van der Waals surface area (Å²) in [4.78, 5) is 39.1. The van der Waals surface area contributed by atoms with Crippen LogP contribution in [0.1, 0.15) is 37.5 Å². The molecule has 11 heteroatoms. The van der Waals surface area contributed by atoms with E-state index in [4.69, 9.17) is 32.7 Å². The van der Waals surface area contributed by atoms with E-state index < -0.39 is 28.0 Å². The number of nitro benzene ring substituents is 1. The summed E-state index contributed by atoms with van der Waals surface area (Å²) in [5.41, 5.74) is -0.587. The largest absolute Gasteiger partial charge is 0.468 e. The lowest BCUT2D eigenvalue weighted by molar-refractivity contribution is -0.384. The van der Waals surface area contributed by atoms with Gasteiger partial charge in [0, 0.05) is 29.2 Å². The van der Waals surface area contributed by atoms with Crippen molar-refractivity contribution >= 4 is 46.6 Å². The Morgan fingerprint density at radius 1 is 0.925 bits per heavy atom. The van der Waals surface area contributed by atoms with E-state index in [0.29, 0.717) is 39.8 Å². The van der Waals surface area contributed by atoms with Crippen LogP contribution in [0.5, 0.6) is 0 Å². The molecule has 0 aliphatic carbocycles. The van der Waals surface area contributed by atoms with E-state index in [0.717, 1.165) is 0 Å². The number of esters is 1. The maximum atomic E-state index is 13.8. The Morgan fingerprint density at radius 2 is 1.43 bits per heavy atom. The molecule has 0 spiro atoms. The van der Waals surface area contributed by atoms with Crippen LogP contribution in [0.15, 0.2) is 66.7 Å². The van der Waals surface area contributed by atoms with Gasteiger partial charge in [-0.25, -0.2) is 4.79 Å². The molecule has 0 atom stereocenters. The zero-order valence-corrected chi connectivity index (χ0v) is 24.0. The highest BCUT2D eigenvalue weighted by Gasteiger charge is 2.46. The number of nitrogens with one attached hydrogen (secondary N) is 1. The highest BCUT2D eigenvalue weighted by molar-refractivity contribution is 6.30. The van der Waals surface area contributed by atoms with Crippen LogP contribution in [0.25, 0.3) is 0 Å². The average Bonchev–Trinajstić information content (AvgIpc) is 2.87. The van der Waals surface area contributed by atoms with E-state index in [1.807, 2.05) is 0 Å². The summed E-state index contributed by atoms with van der Waals surface area (Å²) in [5, 5.41) is 16.1. The van der Waals surface area contributed by atoms with Crippen molar-refractivity contribution in [2.24, 2.45) is 0 Å². The molecule has 0 radical (unpaired) electrons. The number of anilines is 1. The first-order valence-electron chi connectivity index (χ1n) is 12.5. The highest BCUT2D eigenvalue weighted by atomic mass is 35.5. The van der Waals surface area contributed by atoms with Crippen molar-refractivity contribution < 1.29 is 24.0 Å². The number of carbonyl (C=O) groups is 2. The number of rotatable bonds is 7. The van der Waals surface area contributed by atoms with Crippen LogP contribution in [0.2, 0.25) is 10.0 Å². The van der Waals surface area contributed by atoms with Crippen LogP contribution in [-0.2, 0) is 19.7 Å². The molecule has 4 rings (SSSR count). The van der Waals surface area contributed by atoms with Crippen LogP contribution in [0, 0.1) is 10.1 Å². The van der Waals surface area contributed by atoms with Gasteiger partial charge in [-0.05, 0) is 67.8 Å². The molecule has 3 aromatic rings. The number of benzene rings is 3. The predicted octanol–water partition coefficient (Wildman–Crippen LogP) is 6.44. The van der Waals surface area contributed by atoms with Gasteiger partial charge >= 0.3 is 12.1 Å². The summed E-state index contributed by atoms with van der Waals surface area (Å²) in [6.07, 6.45) is -0.455. The first-order chi connectivity index (χ1) is 18.8. The van der Waals surface area contributed by atoms with Gasteiger partial charge in [-0.2, -0.15) is 0 Å². The zero-order chi connectivity index (χ0) is 29.2. The van der Waals surface area contributed by atoms with Crippen LogP contribution < -0.4 is 5.32 Å². The Hall–Kier alpha value is -3.82. The minimum Gasteiger partial charge on any atom is -0.468 e. The van der Waals surface area contributed by atoms with E-state index in [-0.39, 0.29) is 17.4 Å². The summed E-state index contributed by atoms with van der Waals surface area (Å²) < 4.78 is 10.7. The summed E-state index contributed by atoms with van der Waals surface area (Å²) in [6.45, 7) is 5.94. The number of methoxy groups -OCH3 is 1. The molecule has 0 unspecified atom stereocenters. The van der Waals surface area contributed by atoms with E-state index in [2.05, 4.69) is 5.32 Å². The van der Waals surface area contributed by atoms with Gasteiger partial charge < -0.3 is 19.7 Å². The van der Waals surface area contributed by atoms with Crippen molar-refractivity contribution in [1.29, 1.82) is 0 Å². The fraction of sp³-hybridized carbons (Fsp3) is 0.310. The van der Waals surface area contributed by atoms with Crippen molar-refractivity contribution in [3.8, 4) is 0 Å². The number of nitrogens with zero attached hydrogens (tertiary/aromatic N) is 2. The number of ether oxygens (including phenoxy) is 2. The fourth-order valence-corrected chi connectivity index (χ4v) is 4.97. The molecular weight excluding hydrogens is 557 g/mol. The molecule has 1 saturated heterocycles. The van der Waals surface area contributed by atoms with Gasteiger partial charge in [0.1, 0.15) is 16.7 Å². The van der Waals surface area contributed by atoms with Crippen molar-refractivity contribution in [2.45, 2.75) is 37.8 Å². The number of hydrogen-bond acceptors (Lipinski definition) is 7. The van der Waals surface area contributed by atoms with Gasteiger partial charge in [0.05, 0.1) is 18.1 Å². The summed E-state index contributed by atoms with van der Waals surface area (Å²) in [5.74, 6) is -0.600. The molecule has 3 aromatic carbocycles. The zero-order valence-electron chi connectivity index (χ0n) is 22.4. The van der Waals surface area contributed by atoms with Crippen LogP contribution in [0.3, 0.4) is 0 Å². The molecule has 1 aliphatic heterocycles. The molecule has 1 heterocycles. The van der Waals surface area contributed by atoms with Crippen molar-refractivity contribution in [3.05, 3.63) is 104 Å². The first kappa shape index (κ1) is 29.2. The topological polar surface area (TPSA) is 111 Å². The SMILES string of the molecule is COC(=O)C(c1ccc(Cl)cc1)(c1ccc(Cl)cc1)c1ccc([N+](=O)[O-])c(NC2CN(C(=O)OC(C)(C)C)C2)c1. The lowest BCUT2D eigenvalue weighted by Gasteiger charge is -2.40. The van der Waals surface area contributed by atoms with Gasteiger partial charge in [0.25, 0.3) is 5.69 Å². The monoisotopic (exact) mass is 585 g/mol. The average molecular weight is 586 g/mol. The standard InChI is InChI=1S/C29H29Cl2N3O6/c1-28(2,3)40-27(36)33-16-23(17-33)32-24-15-20(9-14-25(24)34(37)38)29(26(35)39-4,18-5-10-21(30)11-6-18)19-7-12-22(31)13-8-19/h5-15,23,32H,16-17H2,1-4H3. The second-order valence-electron chi connectivity index (χ2n) is 10.5. The molecule has 210 valence electrons. The lowest BCUT2D eigenvalue weighted by Crippen LogP contribution is -2.58. The maximum Gasteiger partial charge on any atom is 0.410 e. The molecule has 0 bridgehead atoms. The summed E-state index contributed by atoms with van der Waals surface area (Å²) in [7, 11) is 1.28. The molecule has 0 saturated carbocycles. The number of hydrogen-bond donors (Lipinski definition) is 1. The lowest BCUT2D eigenvalue weighted by atomic mass is 9.69. The molecule has 1 N–H and O–H groups in total. The Bertz CT molecular complexity index is 1370. The van der Waals surface area contributed by atoms with Crippen molar-refractivity contribution in [2.75, 3.05) is 25.5 Å². The Balaban J connectivity index is 1.79. The summed E-state index contributed by atoms with van der Waals surface area (Å²) >= 11 is 12.3. The van der Waals surface area contributed by atoms with Crippen LogP contribution >= 0.6 is 23.2 Å². The van der Waals surface area contributed by atoms with Gasteiger partial charge in [0.2, 0.25) is 0 Å². The van der Waals surface area contributed by atoms with E-state index in [1.165, 1.54) is 24.1 Å². The first-order valence-corrected chi connectivity index (χ1v) is 13.2. The second-order valence-corrected chi connectivity index (χ2v) is 11.3. The molecule has 1 aliphatic rings. The Morgan fingerprint density at radius 3 is 1.88 bits per heavy atom. The van der Waals surface area contributed by atoms with Crippen molar-refractivity contribution in [1.82, 2.24) is 4.90 Å². The number of halogens is 2. The second kappa shape index (κ2) is 11.3.